The first-order valence-corrected chi connectivity index (χ1v) is 7.71. The normalized spacial score (nSPS) is 18.0. The molecule has 0 aromatic heterocycles. The topological polar surface area (TPSA) is 86.5 Å². The van der Waals surface area contributed by atoms with Gasteiger partial charge in [-0.1, -0.05) is 24.3 Å². The smallest absolute Gasteiger partial charge is 0.0346 e. The predicted octanol–water partition coefficient (Wildman–Crippen LogP) is 2.19. The molecule has 0 saturated carbocycles. The van der Waals surface area contributed by atoms with Crippen LogP contribution in [0.3, 0.4) is 0 Å². The summed E-state index contributed by atoms with van der Waals surface area (Å²) < 4.78 is 5.59. The highest BCUT2D eigenvalue weighted by atomic mass is 32.3. The molecule has 0 unspecified atom stereocenters. The van der Waals surface area contributed by atoms with Gasteiger partial charge in [0.2, 0.25) is 0 Å². The molecule has 0 atom stereocenters. The molecule has 0 amide bonds. The van der Waals surface area contributed by atoms with Crippen LogP contribution in [-0.4, -0.2) is 0 Å². The van der Waals surface area contributed by atoms with Gasteiger partial charge < -0.3 is 11.5 Å². The van der Waals surface area contributed by atoms with Gasteiger partial charge >= 0.3 is 0 Å². The maximum absolute atomic E-state index is 5.62. The lowest BCUT2D eigenvalue weighted by atomic mass is 10.2. The van der Waals surface area contributed by atoms with Crippen LogP contribution in [-0.2, 0) is 17.4 Å². The van der Waals surface area contributed by atoms with Crippen molar-refractivity contribution in [3.05, 3.63) is 59.7 Å². The molecule has 0 bridgehead atoms. The fraction of sp³-hybridized carbons (Fsp3) is 0.143. The minimum atomic E-state index is -1.47. The summed E-state index contributed by atoms with van der Waals surface area (Å²) in [7, 11) is -1.47. The van der Waals surface area contributed by atoms with E-state index in [0.29, 0.717) is 13.1 Å². The molecule has 4 nitrogen and oxygen atoms in total. The number of hydrogen-bond donors (Lipinski definition) is 3. The van der Waals surface area contributed by atoms with Gasteiger partial charge in [0.25, 0.3) is 0 Å². The number of hydrogen-bond acceptors (Lipinski definition) is 4. The number of nitrogens with one attached hydrogen (secondary N) is 1. The Morgan fingerprint density at radius 1 is 0.789 bits per heavy atom. The average Bonchev–Trinajstić information content (AvgIpc) is 3.29. The molecular weight excluding hydrogens is 258 g/mol. The maximum atomic E-state index is 5.62. The third-order valence-corrected chi connectivity index (χ3v) is 5.60. The fourth-order valence-electron chi connectivity index (χ4n) is 2.00. The zero-order chi connectivity index (χ0) is 13.3. The zero-order valence-electron chi connectivity index (χ0n) is 10.5. The van der Waals surface area contributed by atoms with Gasteiger partial charge in [-0.25, -0.2) is 4.28 Å². The quantitative estimate of drug-likeness (QED) is 0.746. The molecule has 5 N–H and O–H groups in total. The third-order valence-electron chi connectivity index (χ3n) is 3.23. The van der Waals surface area contributed by atoms with Crippen molar-refractivity contribution in [1.82, 2.24) is 4.89 Å². The summed E-state index contributed by atoms with van der Waals surface area (Å²) >= 11 is 0. The van der Waals surface area contributed by atoms with Crippen molar-refractivity contribution in [2.24, 2.45) is 11.5 Å². The Kier molecular flexibility index (Phi) is 3.30. The van der Waals surface area contributed by atoms with Crippen molar-refractivity contribution in [1.29, 1.82) is 0 Å². The molecule has 5 heteroatoms. The molecule has 1 aliphatic heterocycles. The second-order valence-corrected chi connectivity index (χ2v) is 6.81. The minimum Gasteiger partial charge on any atom is -0.326 e. The fourth-order valence-corrected chi connectivity index (χ4v) is 3.96. The minimum absolute atomic E-state index is 0.558. The van der Waals surface area contributed by atoms with Crippen LogP contribution in [0, 0.1) is 0 Å². The molecule has 3 rings (SSSR count). The van der Waals surface area contributed by atoms with Gasteiger partial charge in [-0.2, -0.15) is 0 Å². The zero-order valence-corrected chi connectivity index (χ0v) is 11.3. The number of nitrogens with two attached hydrogens (primary N) is 2. The summed E-state index contributed by atoms with van der Waals surface area (Å²) in [5.74, 6) is 0. The van der Waals surface area contributed by atoms with Gasteiger partial charge in [-0.05, 0) is 35.4 Å². The van der Waals surface area contributed by atoms with Crippen LogP contribution in [0.2, 0.25) is 0 Å². The van der Waals surface area contributed by atoms with E-state index < -0.39 is 10.5 Å². The first kappa shape index (κ1) is 12.7. The van der Waals surface area contributed by atoms with Crippen LogP contribution in [0.1, 0.15) is 11.1 Å². The van der Waals surface area contributed by atoms with Crippen molar-refractivity contribution >= 4 is 10.5 Å². The Morgan fingerprint density at radius 2 is 1.16 bits per heavy atom. The first-order chi connectivity index (χ1) is 9.28. The van der Waals surface area contributed by atoms with E-state index in [9.17, 15) is 0 Å². The van der Waals surface area contributed by atoms with E-state index in [1.165, 1.54) is 0 Å². The Hall–Kier alpha value is -1.37. The second-order valence-electron chi connectivity index (χ2n) is 4.42. The van der Waals surface area contributed by atoms with E-state index in [-0.39, 0.29) is 0 Å². The highest BCUT2D eigenvalue weighted by molar-refractivity contribution is 8.32. The average molecular weight is 275 g/mol. The second kappa shape index (κ2) is 4.96. The molecule has 1 fully saturated rings. The molecule has 0 spiro atoms. The van der Waals surface area contributed by atoms with Crippen molar-refractivity contribution < 1.29 is 4.28 Å². The number of rotatable bonds is 4. The first-order valence-electron chi connectivity index (χ1n) is 6.15. The Labute approximate surface area is 114 Å². The van der Waals surface area contributed by atoms with Crippen LogP contribution in [0.15, 0.2) is 58.3 Å². The Morgan fingerprint density at radius 3 is 1.42 bits per heavy atom. The van der Waals surface area contributed by atoms with Crippen LogP contribution in [0.4, 0.5) is 0 Å². The van der Waals surface area contributed by atoms with Crippen molar-refractivity contribution in [3.8, 4) is 0 Å². The summed E-state index contributed by atoms with van der Waals surface area (Å²) in [6, 6.07) is 16.5. The van der Waals surface area contributed by atoms with Gasteiger partial charge in [-0.3, -0.25) is 0 Å². The van der Waals surface area contributed by atoms with E-state index in [1.54, 1.807) is 0 Å². The Bertz CT molecular complexity index is 515. The SMILES string of the molecule is NCc1ccc(S2(c3ccc(CN)cc3)NO2)cc1. The van der Waals surface area contributed by atoms with Gasteiger partial charge in [0.15, 0.2) is 0 Å². The standard InChI is InChI=1S/C14H17N3OS/c15-9-11-1-5-13(6-2-11)19(17-18-19)14-7-3-12(10-16)4-8-14/h1-8,17H,9-10,15-16H2. The van der Waals surface area contributed by atoms with Gasteiger partial charge in [0, 0.05) is 33.4 Å². The molecule has 2 aromatic carbocycles. The summed E-state index contributed by atoms with van der Waals surface area (Å²) in [4.78, 5) is 5.39. The van der Waals surface area contributed by atoms with E-state index >= 15 is 0 Å². The molecule has 0 aliphatic carbocycles. The van der Waals surface area contributed by atoms with Crippen molar-refractivity contribution in [2.45, 2.75) is 22.9 Å². The molecule has 1 saturated heterocycles. The lowest BCUT2D eigenvalue weighted by Gasteiger charge is -2.15. The molecule has 100 valence electrons. The predicted molar refractivity (Wildman–Crippen MR) is 77.0 cm³/mol. The lowest BCUT2D eigenvalue weighted by molar-refractivity contribution is 0.467. The van der Waals surface area contributed by atoms with Gasteiger partial charge in [0.05, 0.1) is 0 Å². The largest absolute Gasteiger partial charge is 0.326 e. The van der Waals surface area contributed by atoms with Crippen LogP contribution in [0.5, 0.6) is 0 Å². The molecular formula is C14H17N3OS. The lowest BCUT2D eigenvalue weighted by Crippen LogP contribution is -1.98. The Balaban J connectivity index is 1.92. The van der Waals surface area contributed by atoms with Gasteiger partial charge in [-0.15, -0.1) is 4.89 Å². The van der Waals surface area contributed by atoms with E-state index in [1.807, 2.05) is 24.3 Å². The van der Waals surface area contributed by atoms with Crippen LogP contribution < -0.4 is 16.4 Å². The third kappa shape index (κ3) is 2.27. The monoisotopic (exact) mass is 275 g/mol. The van der Waals surface area contributed by atoms with Crippen molar-refractivity contribution in [3.63, 3.8) is 0 Å². The van der Waals surface area contributed by atoms with E-state index in [2.05, 4.69) is 29.2 Å². The van der Waals surface area contributed by atoms with Crippen LogP contribution >= 0.6 is 10.5 Å². The van der Waals surface area contributed by atoms with Crippen LogP contribution in [0.25, 0.3) is 0 Å². The van der Waals surface area contributed by atoms with E-state index in [4.69, 9.17) is 15.8 Å². The molecule has 1 aliphatic rings. The summed E-state index contributed by atoms with van der Waals surface area (Å²) in [6.07, 6.45) is 0. The molecule has 1 heterocycles. The maximum Gasteiger partial charge on any atom is 0.0346 e. The summed E-state index contributed by atoms with van der Waals surface area (Å²) in [6.45, 7) is 1.12. The van der Waals surface area contributed by atoms with E-state index in [0.717, 1.165) is 20.9 Å². The summed E-state index contributed by atoms with van der Waals surface area (Å²) in [5.41, 5.74) is 13.5. The van der Waals surface area contributed by atoms with Crippen molar-refractivity contribution in [2.75, 3.05) is 0 Å². The summed E-state index contributed by atoms with van der Waals surface area (Å²) in [5, 5.41) is 0. The highest BCUT2D eigenvalue weighted by Gasteiger charge is 2.43. The number of benzene rings is 2. The highest BCUT2D eigenvalue weighted by Crippen LogP contribution is 2.69. The molecule has 2 aromatic rings. The molecule has 0 radical (unpaired) electrons. The molecule has 19 heavy (non-hydrogen) atoms. The van der Waals surface area contributed by atoms with Gasteiger partial charge in [0.1, 0.15) is 0 Å².